The molecule has 0 saturated carbocycles. The number of benzene rings is 2. The van der Waals surface area contributed by atoms with Gasteiger partial charge in [0.15, 0.2) is 0 Å². The number of rotatable bonds is 4. The van der Waals surface area contributed by atoms with Crippen molar-refractivity contribution in [3.8, 4) is 11.5 Å². The van der Waals surface area contributed by atoms with Crippen molar-refractivity contribution in [1.29, 1.82) is 0 Å². The minimum atomic E-state index is 0.670. The van der Waals surface area contributed by atoms with Crippen molar-refractivity contribution in [2.24, 2.45) is 0 Å². The van der Waals surface area contributed by atoms with E-state index in [4.69, 9.17) is 15.2 Å². The molecule has 0 bridgehead atoms. The maximum absolute atomic E-state index is 5.91. The summed E-state index contributed by atoms with van der Waals surface area (Å²) in [7, 11) is 0. The second-order valence-corrected chi connectivity index (χ2v) is 5.61. The lowest BCUT2D eigenvalue weighted by atomic mass is 10.1. The molecule has 0 radical (unpaired) electrons. The minimum Gasteiger partial charge on any atom is -0.493 e. The van der Waals surface area contributed by atoms with Gasteiger partial charge in [-0.25, -0.2) is 0 Å². The molecular weight excluding hydrogens is 262 g/mol. The van der Waals surface area contributed by atoms with Crippen molar-refractivity contribution in [3.05, 3.63) is 52.6 Å². The van der Waals surface area contributed by atoms with Crippen LogP contribution >= 0.6 is 0 Å². The molecule has 21 heavy (non-hydrogen) atoms. The summed E-state index contributed by atoms with van der Waals surface area (Å²) >= 11 is 0. The average molecular weight is 283 g/mol. The number of fused-ring (bicyclic) bond motifs is 1. The number of hydrogen-bond donors (Lipinski definition) is 1. The van der Waals surface area contributed by atoms with Crippen LogP contribution in [0.4, 0.5) is 5.69 Å². The van der Waals surface area contributed by atoms with E-state index in [1.54, 1.807) is 0 Å². The fourth-order valence-electron chi connectivity index (χ4n) is 2.64. The summed E-state index contributed by atoms with van der Waals surface area (Å²) in [5, 5.41) is 0. The molecule has 0 unspecified atom stereocenters. The van der Waals surface area contributed by atoms with Crippen LogP contribution in [-0.4, -0.2) is 13.2 Å². The van der Waals surface area contributed by atoms with Crippen molar-refractivity contribution in [1.82, 2.24) is 0 Å². The predicted octanol–water partition coefficient (Wildman–Crippen LogP) is 3.44. The number of anilines is 1. The maximum atomic E-state index is 5.91. The zero-order valence-corrected chi connectivity index (χ0v) is 12.6. The first kappa shape index (κ1) is 13.8. The molecule has 0 atom stereocenters. The summed E-state index contributed by atoms with van der Waals surface area (Å²) in [6, 6.07) is 10.4. The first-order valence-corrected chi connectivity index (χ1v) is 7.37. The summed E-state index contributed by atoms with van der Waals surface area (Å²) in [4.78, 5) is 0. The van der Waals surface area contributed by atoms with Crippen LogP contribution < -0.4 is 15.2 Å². The van der Waals surface area contributed by atoms with Gasteiger partial charge in [0, 0.05) is 18.5 Å². The van der Waals surface area contributed by atoms with Gasteiger partial charge in [-0.15, -0.1) is 0 Å². The number of aryl methyl sites for hydroxylation is 2. The fourth-order valence-corrected chi connectivity index (χ4v) is 2.64. The molecular formula is C18H21NO2. The number of hydrogen-bond acceptors (Lipinski definition) is 3. The van der Waals surface area contributed by atoms with Crippen molar-refractivity contribution < 1.29 is 9.47 Å². The van der Waals surface area contributed by atoms with E-state index >= 15 is 0 Å². The SMILES string of the molecule is Cc1cc(OCCc2ccc3c(c2)CCO3)c(C)cc1N. The Kier molecular flexibility index (Phi) is 3.74. The van der Waals surface area contributed by atoms with E-state index in [1.165, 1.54) is 11.1 Å². The Morgan fingerprint density at radius 1 is 1.14 bits per heavy atom. The second-order valence-electron chi connectivity index (χ2n) is 5.61. The zero-order valence-electron chi connectivity index (χ0n) is 12.6. The van der Waals surface area contributed by atoms with Crippen LogP contribution in [0.2, 0.25) is 0 Å². The van der Waals surface area contributed by atoms with E-state index in [0.717, 1.165) is 47.8 Å². The van der Waals surface area contributed by atoms with Gasteiger partial charge in [0.2, 0.25) is 0 Å². The van der Waals surface area contributed by atoms with Crippen LogP contribution in [0, 0.1) is 13.8 Å². The maximum Gasteiger partial charge on any atom is 0.122 e. The zero-order chi connectivity index (χ0) is 14.8. The topological polar surface area (TPSA) is 44.5 Å². The third-order valence-corrected chi connectivity index (χ3v) is 3.97. The van der Waals surface area contributed by atoms with E-state index in [0.29, 0.717) is 6.61 Å². The Labute approximate surface area is 125 Å². The van der Waals surface area contributed by atoms with Crippen LogP contribution in [0.3, 0.4) is 0 Å². The minimum absolute atomic E-state index is 0.670. The van der Waals surface area contributed by atoms with E-state index in [1.807, 2.05) is 26.0 Å². The van der Waals surface area contributed by atoms with Crippen molar-refractivity contribution in [3.63, 3.8) is 0 Å². The molecule has 3 rings (SSSR count). The molecule has 2 aromatic rings. The smallest absolute Gasteiger partial charge is 0.122 e. The fraction of sp³-hybridized carbons (Fsp3) is 0.333. The van der Waals surface area contributed by atoms with E-state index in [2.05, 4.69) is 18.2 Å². The van der Waals surface area contributed by atoms with Crippen molar-refractivity contribution in [2.75, 3.05) is 18.9 Å². The highest BCUT2D eigenvalue weighted by Gasteiger charge is 2.12. The molecule has 1 aliphatic heterocycles. The highest BCUT2D eigenvalue weighted by Crippen LogP contribution is 2.27. The third-order valence-electron chi connectivity index (χ3n) is 3.97. The van der Waals surface area contributed by atoms with Gasteiger partial charge in [-0.1, -0.05) is 12.1 Å². The summed E-state index contributed by atoms with van der Waals surface area (Å²) in [6.07, 6.45) is 1.91. The van der Waals surface area contributed by atoms with Crippen LogP contribution in [0.5, 0.6) is 11.5 Å². The molecule has 3 heteroatoms. The van der Waals surface area contributed by atoms with Gasteiger partial charge in [-0.2, -0.15) is 0 Å². The lowest BCUT2D eigenvalue weighted by molar-refractivity contribution is 0.319. The Morgan fingerprint density at radius 2 is 2.00 bits per heavy atom. The van der Waals surface area contributed by atoms with Gasteiger partial charge < -0.3 is 15.2 Å². The molecule has 0 aromatic heterocycles. The second kappa shape index (κ2) is 5.68. The molecule has 0 saturated heterocycles. The number of nitrogen functional groups attached to an aromatic ring is 1. The summed E-state index contributed by atoms with van der Waals surface area (Å²) < 4.78 is 11.4. The van der Waals surface area contributed by atoms with Crippen LogP contribution in [0.1, 0.15) is 22.3 Å². The predicted molar refractivity (Wildman–Crippen MR) is 85.2 cm³/mol. The van der Waals surface area contributed by atoms with E-state index in [9.17, 15) is 0 Å². The van der Waals surface area contributed by atoms with Gasteiger partial charge >= 0.3 is 0 Å². The molecule has 0 fully saturated rings. The molecule has 1 heterocycles. The molecule has 3 nitrogen and oxygen atoms in total. The molecule has 0 aliphatic carbocycles. The monoisotopic (exact) mass is 283 g/mol. The van der Waals surface area contributed by atoms with Crippen molar-refractivity contribution in [2.45, 2.75) is 26.7 Å². The number of nitrogens with two attached hydrogens (primary N) is 1. The lowest BCUT2D eigenvalue weighted by Gasteiger charge is -2.12. The molecule has 2 aromatic carbocycles. The van der Waals surface area contributed by atoms with E-state index < -0.39 is 0 Å². The Hall–Kier alpha value is -2.16. The van der Waals surface area contributed by atoms with Crippen molar-refractivity contribution >= 4 is 5.69 Å². The first-order chi connectivity index (χ1) is 10.1. The van der Waals surface area contributed by atoms with E-state index in [-0.39, 0.29) is 0 Å². The van der Waals surface area contributed by atoms with Crippen LogP contribution in [0.15, 0.2) is 30.3 Å². The molecule has 0 spiro atoms. The highest BCUT2D eigenvalue weighted by atomic mass is 16.5. The van der Waals surface area contributed by atoms with Gasteiger partial charge in [-0.3, -0.25) is 0 Å². The first-order valence-electron chi connectivity index (χ1n) is 7.37. The Balaban J connectivity index is 1.62. The molecule has 0 amide bonds. The molecule has 1 aliphatic rings. The quantitative estimate of drug-likeness (QED) is 0.874. The van der Waals surface area contributed by atoms with Gasteiger partial charge in [0.05, 0.1) is 13.2 Å². The van der Waals surface area contributed by atoms with Crippen LogP contribution in [0.25, 0.3) is 0 Å². The number of ether oxygens (including phenoxy) is 2. The standard InChI is InChI=1S/C18H21NO2/c1-12-10-18(13(2)9-16(12)19)21-7-5-14-3-4-17-15(11-14)6-8-20-17/h3-4,9-11H,5-8,19H2,1-2H3. The molecule has 2 N–H and O–H groups in total. The summed E-state index contributed by atoms with van der Waals surface area (Å²) in [5.74, 6) is 1.95. The third kappa shape index (κ3) is 2.97. The van der Waals surface area contributed by atoms with Gasteiger partial charge in [0.25, 0.3) is 0 Å². The highest BCUT2D eigenvalue weighted by molar-refractivity contribution is 5.53. The molecule has 110 valence electrons. The van der Waals surface area contributed by atoms with Gasteiger partial charge in [0.1, 0.15) is 11.5 Å². The Bertz CT molecular complexity index is 665. The summed E-state index contributed by atoms with van der Waals surface area (Å²) in [5.41, 5.74) is 11.5. The normalized spacial score (nSPS) is 12.9. The average Bonchev–Trinajstić information content (AvgIpc) is 2.92. The van der Waals surface area contributed by atoms with Gasteiger partial charge in [-0.05, 0) is 54.3 Å². The lowest BCUT2D eigenvalue weighted by Crippen LogP contribution is -2.04. The summed E-state index contributed by atoms with van der Waals surface area (Å²) in [6.45, 7) is 5.50. The Morgan fingerprint density at radius 3 is 2.86 bits per heavy atom. The van der Waals surface area contributed by atoms with Crippen LogP contribution in [-0.2, 0) is 12.8 Å². The largest absolute Gasteiger partial charge is 0.493 e.